The average molecular weight is 181 g/mol. The molecule has 1 heterocycles. The molecule has 1 aliphatic heterocycles. The van der Waals surface area contributed by atoms with Crippen LogP contribution in [0, 0.1) is 17.2 Å². The van der Waals surface area contributed by atoms with Gasteiger partial charge in [0.15, 0.2) is 0 Å². The van der Waals surface area contributed by atoms with Crippen molar-refractivity contribution in [3.8, 4) is 6.07 Å². The van der Waals surface area contributed by atoms with Crippen LogP contribution in [-0.4, -0.2) is 29.9 Å². The summed E-state index contributed by atoms with van der Waals surface area (Å²) in [5.74, 6) is 0.119. The SMILES string of the molecule is C[C@H](N)C(=O)N1CCC(C#N)CC1. The lowest BCUT2D eigenvalue weighted by atomic mass is 9.98. The third-order valence-electron chi connectivity index (χ3n) is 2.38. The standard InChI is InChI=1S/C9H15N3O/c1-7(11)9(13)12-4-2-8(6-10)3-5-12/h7-8H,2-5,11H2,1H3/t7-/m0/s1. The molecule has 1 fully saturated rings. The first-order chi connectivity index (χ1) is 6.15. The smallest absolute Gasteiger partial charge is 0.239 e. The number of hydrogen-bond donors (Lipinski definition) is 1. The molecule has 0 saturated carbocycles. The Balaban J connectivity index is 2.42. The molecular formula is C9H15N3O. The van der Waals surface area contributed by atoms with Gasteiger partial charge in [-0.25, -0.2) is 0 Å². The Labute approximate surface area is 78.3 Å². The number of hydrogen-bond acceptors (Lipinski definition) is 3. The molecular weight excluding hydrogens is 166 g/mol. The van der Waals surface area contributed by atoms with Gasteiger partial charge >= 0.3 is 0 Å². The van der Waals surface area contributed by atoms with E-state index in [-0.39, 0.29) is 11.8 Å². The highest BCUT2D eigenvalue weighted by Gasteiger charge is 2.23. The van der Waals surface area contributed by atoms with E-state index >= 15 is 0 Å². The summed E-state index contributed by atoms with van der Waals surface area (Å²) in [6.07, 6.45) is 1.57. The van der Waals surface area contributed by atoms with Gasteiger partial charge < -0.3 is 10.6 Å². The summed E-state index contributed by atoms with van der Waals surface area (Å²) >= 11 is 0. The Morgan fingerprint density at radius 1 is 1.62 bits per heavy atom. The lowest BCUT2D eigenvalue weighted by Crippen LogP contribution is -2.45. The van der Waals surface area contributed by atoms with Gasteiger partial charge in [-0.1, -0.05) is 0 Å². The zero-order valence-corrected chi connectivity index (χ0v) is 7.86. The molecule has 0 unspecified atom stereocenters. The van der Waals surface area contributed by atoms with E-state index in [1.54, 1.807) is 11.8 Å². The number of carbonyl (C=O) groups excluding carboxylic acids is 1. The van der Waals surface area contributed by atoms with Crippen molar-refractivity contribution >= 4 is 5.91 Å². The van der Waals surface area contributed by atoms with Crippen LogP contribution < -0.4 is 5.73 Å². The van der Waals surface area contributed by atoms with Crippen LogP contribution in [0.15, 0.2) is 0 Å². The van der Waals surface area contributed by atoms with Crippen LogP contribution in [0.25, 0.3) is 0 Å². The van der Waals surface area contributed by atoms with Gasteiger partial charge in [-0.05, 0) is 19.8 Å². The summed E-state index contributed by atoms with van der Waals surface area (Å²) in [5, 5.41) is 8.65. The first-order valence-electron chi connectivity index (χ1n) is 4.59. The highest BCUT2D eigenvalue weighted by atomic mass is 16.2. The molecule has 0 aromatic heterocycles. The topological polar surface area (TPSA) is 70.1 Å². The Bertz CT molecular complexity index is 224. The summed E-state index contributed by atoms with van der Waals surface area (Å²) in [4.78, 5) is 13.2. The fraction of sp³-hybridized carbons (Fsp3) is 0.778. The zero-order valence-electron chi connectivity index (χ0n) is 7.86. The molecule has 0 spiro atoms. The first-order valence-corrected chi connectivity index (χ1v) is 4.59. The fourth-order valence-corrected chi connectivity index (χ4v) is 1.52. The maximum atomic E-state index is 11.4. The van der Waals surface area contributed by atoms with E-state index in [4.69, 9.17) is 11.0 Å². The minimum Gasteiger partial charge on any atom is -0.341 e. The second-order valence-electron chi connectivity index (χ2n) is 3.52. The minimum absolute atomic E-state index is 0.00334. The number of nitrogens with zero attached hydrogens (tertiary/aromatic N) is 2. The Hall–Kier alpha value is -1.08. The van der Waals surface area contributed by atoms with Gasteiger partial charge in [0.05, 0.1) is 12.1 Å². The Morgan fingerprint density at radius 3 is 2.54 bits per heavy atom. The molecule has 2 N–H and O–H groups in total. The van der Waals surface area contributed by atoms with Crippen molar-refractivity contribution in [3.05, 3.63) is 0 Å². The van der Waals surface area contributed by atoms with E-state index in [2.05, 4.69) is 6.07 Å². The number of piperidine rings is 1. The maximum absolute atomic E-state index is 11.4. The molecule has 1 saturated heterocycles. The lowest BCUT2D eigenvalue weighted by Gasteiger charge is -2.30. The Kier molecular flexibility index (Phi) is 3.26. The van der Waals surface area contributed by atoms with Crippen LogP contribution in [0.5, 0.6) is 0 Å². The molecule has 0 radical (unpaired) electrons. The van der Waals surface area contributed by atoms with Crippen molar-refractivity contribution in [1.29, 1.82) is 5.26 Å². The van der Waals surface area contributed by atoms with Crippen molar-refractivity contribution in [2.45, 2.75) is 25.8 Å². The zero-order chi connectivity index (χ0) is 9.84. The third-order valence-corrected chi connectivity index (χ3v) is 2.38. The molecule has 13 heavy (non-hydrogen) atoms. The van der Waals surface area contributed by atoms with Crippen LogP contribution in [0.1, 0.15) is 19.8 Å². The van der Waals surface area contributed by atoms with Crippen LogP contribution in [0.3, 0.4) is 0 Å². The summed E-state index contributed by atoms with van der Waals surface area (Å²) in [5.41, 5.74) is 5.48. The van der Waals surface area contributed by atoms with Crippen LogP contribution in [0.4, 0.5) is 0 Å². The summed E-state index contributed by atoms with van der Waals surface area (Å²) in [6, 6.07) is 1.81. The minimum atomic E-state index is -0.418. The quantitative estimate of drug-likeness (QED) is 0.623. The first kappa shape index (κ1) is 10.0. The van der Waals surface area contributed by atoms with Crippen molar-refractivity contribution in [2.24, 2.45) is 11.7 Å². The summed E-state index contributed by atoms with van der Waals surface area (Å²) in [7, 11) is 0. The number of rotatable bonds is 1. The monoisotopic (exact) mass is 181 g/mol. The highest BCUT2D eigenvalue weighted by molar-refractivity contribution is 5.81. The van der Waals surface area contributed by atoms with Gasteiger partial charge in [-0.15, -0.1) is 0 Å². The molecule has 1 aliphatic rings. The van der Waals surface area contributed by atoms with Crippen molar-refractivity contribution in [1.82, 2.24) is 4.90 Å². The van der Waals surface area contributed by atoms with E-state index in [1.807, 2.05) is 0 Å². The van der Waals surface area contributed by atoms with Gasteiger partial charge in [0, 0.05) is 19.0 Å². The predicted molar refractivity (Wildman–Crippen MR) is 48.6 cm³/mol. The normalized spacial score (nSPS) is 20.8. The van der Waals surface area contributed by atoms with Gasteiger partial charge in [0.2, 0.25) is 5.91 Å². The fourth-order valence-electron chi connectivity index (χ4n) is 1.52. The van der Waals surface area contributed by atoms with Crippen LogP contribution in [0.2, 0.25) is 0 Å². The average Bonchev–Trinajstić information content (AvgIpc) is 2.17. The molecule has 1 atom stereocenters. The lowest BCUT2D eigenvalue weighted by molar-refractivity contribution is -0.133. The van der Waals surface area contributed by atoms with Crippen molar-refractivity contribution < 1.29 is 4.79 Å². The summed E-state index contributed by atoms with van der Waals surface area (Å²) in [6.45, 7) is 3.05. The molecule has 1 amide bonds. The van der Waals surface area contributed by atoms with Gasteiger partial charge in [0.25, 0.3) is 0 Å². The number of carbonyl (C=O) groups is 1. The third kappa shape index (κ3) is 2.43. The maximum Gasteiger partial charge on any atom is 0.239 e. The predicted octanol–water partition coefficient (Wildman–Crippen LogP) is 0.0958. The molecule has 4 heteroatoms. The molecule has 1 rings (SSSR count). The highest BCUT2D eigenvalue weighted by Crippen LogP contribution is 2.16. The summed E-state index contributed by atoms with van der Waals surface area (Å²) < 4.78 is 0. The van der Waals surface area contributed by atoms with Crippen molar-refractivity contribution in [3.63, 3.8) is 0 Å². The molecule has 0 aromatic carbocycles. The van der Waals surface area contributed by atoms with Gasteiger partial charge in [0.1, 0.15) is 0 Å². The largest absolute Gasteiger partial charge is 0.341 e. The van der Waals surface area contributed by atoms with Gasteiger partial charge in [-0.3, -0.25) is 4.79 Å². The van der Waals surface area contributed by atoms with E-state index in [0.717, 1.165) is 12.8 Å². The molecule has 72 valence electrons. The van der Waals surface area contributed by atoms with E-state index < -0.39 is 6.04 Å². The Morgan fingerprint density at radius 2 is 2.15 bits per heavy atom. The van der Waals surface area contributed by atoms with E-state index in [9.17, 15) is 4.79 Å². The van der Waals surface area contributed by atoms with Crippen LogP contribution in [-0.2, 0) is 4.79 Å². The number of amides is 1. The second-order valence-corrected chi connectivity index (χ2v) is 3.52. The number of nitrogens with two attached hydrogens (primary N) is 1. The molecule has 0 bridgehead atoms. The van der Waals surface area contributed by atoms with Crippen molar-refractivity contribution in [2.75, 3.05) is 13.1 Å². The number of likely N-dealkylation sites (tertiary alicyclic amines) is 1. The van der Waals surface area contributed by atoms with Crippen LogP contribution >= 0.6 is 0 Å². The second kappa shape index (κ2) is 4.24. The van der Waals surface area contributed by atoms with Gasteiger partial charge in [-0.2, -0.15) is 5.26 Å². The number of nitriles is 1. The van der Waals surface area contributed by atoms with E-state index in [0.29, 0.717) is 13.1 Å². The molecule has 0 aromatic rings. The molecule has 4 nitrogen and oxygen atoms in total. The van der Waals surface area contributed by atoms with E-state index in [1.165, 1.54) is 0 Å². The molecule has 0 aliphatic carbocycles.